The van der Waals surface area contributed by atoms with Gasteiger partial charge < -0.3 is 10.6 Å². The highest BCUT2D eigenvalue weighted by molar-refractivity contribution is 6.39. The van der Waals surface area contributed by atoms with Gasteiger partial charge in [-0.25, -0.2) is 0 Å². The quantitative estimate of drug-likeness (QED) is 0.853. The summed E-state index contributed by atoms with van der Waals surface area (Å²) >= 11 is 5.80. The van der Waals surface area contributed by atoms with Crippen LogP contribution in [0, 0.1) is 0 Å². The highest BCUT2D eigenvalue weighted by atomic mass is 35.5. The van der Waals surface area contributed by atoms with E-state index in [0.717, 1.165) is 5.56 Å². The molecule has 0 saturated carbocycles. The van der Waals surface area contributed by atoms with E-state index in [9.17, 15) is 9.59 Å². The fourth-order valence-corrected chi connectivity index (χ4v) is 1.80. The van der Waals surface area contributed by atoms with Gasteiger partial charge in [-0.2, -0.15) is 0 Å². The fourth-order valence-electron chi connectivity index (χ4n) is 1.61. The van der Waals surface area contributed by atoms with Gasteiger partial charge in [-0.15, -0.1) is 0 Å². The molecule has 0 aromatic heterocycles. The van der Waals surface area contributed by atoms with Gasteiger partial charge in [0, 0.05) is 17.3 Å². The second-order valence-corrected chi connectivity index (χ2v) is 4.57. The molecule has 2 amide bonds. The fraction of sp³-hybridized carbons (Fsp3) is 0.0667. The normalized spacial score (nSPS) is 9.85. The van der Waals surface area contributed by atoms with Crippen LogP contribution < -0.4 is 10.6 Å². The average molecular weight is 289 g/mol. The van der Waals surface area contributed by atoms with Crippen LogP contribution in [-0.2, 0) is 16.1 Å². The predicted octanol–water partition coefficient (Wildman–Crippen LogP) is 2.59. The van der Waals surface area contributed by atoms with Crippen molar-refractivity contribution in [3.63, 3.8) is 0 Å². The Hall–Kier alpha value is -2.33. The van der Waals surface area contributed by atoms with Crippen LogP contribution in [0.1, 0.15) is 5.56 Å². The topological polar surface area (TPSA) is 58.2 Å². The molecule has 0 heterocycles. The van der Waals surface area contributed by atoms with Gasteiger partial charge in [0.1, 0.15) is 0 Å². The Morgan fingerprint density at radius 3 is 2.40 bits per heavy atom. The first-order chi connectivity index (χ1) is 9.65. The predicted molar refractivity (Wildman–Crippen MR) is 78.4 cm³/mol. The van der Waals surface area contributed by atoms with E-state index in [1.54, 1.807) is 24.3 Å². The van der Waals surface area contributed by atoms with Crippen LogP contribution in [0.3, 0.4) is 0 Å². The SMILES string of the molecule is O=C(NCc1ccccc1)C(=O)Nc1cccc(Cl)c1. The largest absolute Gasteiger partial charge is 0.344 e. The molecule has 0 aliphatic carbocycles. The Balaban J connectivity index is 1.88. The van der Waals surface area contributed by atoms with Crippen molar-refractivity contribution in [2.45, 2.75) is 6.54 Å². The second kappa shape index (κ2) is 6.73. The van der Waals surface area contributed by atoms with Crippen molar-refractivity contribution in [2.24, 2.45) is 0 Å². The van der Waals surface area contributed by atoms with Crippen molar-refractivity contribution in [3.8, 4) is 0 Å². The first kappa shape index (κ1) is 14.1. The van der Waals surface area contributed by atoms with Crippen molar-refractivity contribution < 1.29 is 9.59 Å². The minimum Gasteiger partial charge on any atom is -0.344 e. The van der Waals surface area contributed by atoms with Gasteiger partial charge in [0.2, 0.25) is 0 Å². The van der Waals surface area contributed by atoms with Crippen molar-refractivity contribution >= 4 is 29.1 Å². The number of hydrogen-bond donors (Lipinski definition) is 2. The summed E-state index contributed by atoms with van der Waals surface area (Å²) in [6.45, 7) is 0.308. The number of rotatable bonds is 3. The van der Waals surface area contributed by atoms with Crippen LogP contribution in [0.15, 0.2) is 54.6 Å². The maximum absolute atomic E-state index is 11.7. The molecule has 2 rings (SSSR count). The minimum atomic E-state index is -0.719. The monoisotopic (exact) mass is 288 g/mol. The molecule has 0 atom stereocenters. The van der Waals surface area contributed by atoms with Crippen molar-refractivity contribution in [3.05, 3.63) is 65.2 Å². The highest BCUT2D eigenvalue weighted by Crippen LogP contribution is 2.14. The third-order valence-corrected chi connectivity index (χ3v) is 2.82. The summed E-state index contributed by atoms with van der Waals surface area (Å²) in [6, 6.07) is 16.0. The van der Waals surface area contributed by atoms with Gasteiger partial charge in [0.15, 0.2) is 0 Å². The zero-order chi connectivity index (χ0) is 14.4. The Labute approximate surface area is 121 Å². The van der Waals surface area contributed by atoms with Crippen molar-refractivity contribution in [2.75, 3.05) is 5.32 Å². The summed E-state index contributed by atoms with van der Waals surface area (Å²) in [7, 11) is 0. The maximum atomic E-state index is 11.7. The number of carbonyl (C=O) groups excluding carboxylic acids is 2. The summed E-state index contributed by atoms with van der Waals surface area (Å²) in [5, 5.41) is 5.53. The Bertz CT molecular complexity index is 614. The summed E-state index contributed by atoms with van der Waals surface area (Å²) in [4.78, 5) is 23.3. The maximum Gasteiger partial charge on any atom is 0.313 e. The third kappa shape index (κ3) is 4.10. The molecule has 0 aliphatic heterocycles. The van der Waals surface area contributed by atoms with Crippen molar-refractivity contribution in [1.82, 2.24) is 5.32 Å². The lowest BCUT2D eigenvalue weighted by Crippen LogP contribution is -2.34. The van der Waals surface area contributed by atoms with Gasteiger partial charge in [-0.3, -0.25) is 9.59 Å². The van der Waals surface area contributed by atoms with Crippen LogP contribution in [-0.4, -0.2) is 11.8 Å². The first-order valence-electron chi connectivity index (χ1n) is 6.04. The molecule has 4 nitrogen and oxygen atoms in total. The molecule has 0 unspecified atom stereocenters. The number of carbonyl (C=O) groups is 2. The molecular weight excluding hydrogens is 276 g/mol. The second-order valence-electron chi connectivity index (χ2n) is 4.13. The first-order valence-corrected chi connectivity index (χ1v) is 6.41. The molecule has 0 fully saturated rings. The smallest absolute Gasteiger partial charge is 0.313 e. The third-order valence-electron chi connectivity index (χ3n) is 2.58. The van der Waals surface area contributed by atoms with E-state index in [0.29, 0.717) is 17.3 Å². The lowest BCUT2D eigenvalue weighted by atomic mass is 10.2. The van der Waals surface area contributed by atoms with Crippen LogP contribution in [0.5, 0.6) is 0 Å². The molecule has 2 aromatic rings. The molecular formula is C15H13ClN2O2. The Kier molecular flexibility index (Phi) is 4.74. The molecule has 0 aliphatic rings. The standard InChI is InChI=1S/C15H13ClN2O2/c16-12-7-4-8-13(9-12)18-15(20)14(19)17-10-11-5-2-1-3-6-11/h1-9H,10H2,(H,17,19)(H,18,20). The molecule has 0 spiro atoms. The van der Waals surface area contributed by atoms with Gasteiger partial charge in [-0.1, -0.05) is 48.0 Å². The number of amides is 2. The number of hydrogen-bond acceptors (Lipinski definition) is 2. The van der Waals surface area contributed by atoms with E-state index in [2.05, 4.69) is 10.6 Å². The summed E-state index contributed by atoms with van der Waals surface area (Å²) in [5.74, 6) is -1.41. The van der Waals surface area contributed by atoms with Gasteiger partial charge in [0.25, 0.3) is 0 Å². The zero-order valence-electron chi connectivity index (χ0n) is 10.6. The molecule has 102 valence electrons. The van der Waals surface area contributed by atoms with E-state index in [1.165, 1.54) is 0 Å². The number of nitrogens with one attached hydrogen (secondary N) is 2. The summed E-state index contributed by atoms with van der Waals surface area (Å²) in [6.07, 6.45) is 0. The summed E-state index contributed by atoms with van der Waals surface area (Å²) in [5.41, 5.74) is 1.41. The molecule has 5 heteroatoms. The van der Waals surface area contributed by atoms with Crippen LogP contribution in [0.4, 0.5) is 5.69 Å². The lowest BCUT2D eigenvalue weighted by molar-refractivity contribution is -0.136. The van der Waals surface area contributed by atoms with E-state index in [1.807, 2.05) is 30.3 Å². The zero-order valence-corrected chi connectivity index (χ0v) is 11.4. The van der Waals surface area contributed by atoms with E-state index in [-0.39, 0.29) is 0 Å². The van der Waals surface area contributed by atoms with E-state index >= 15 is 0 Å². The van der Waals surface area contributed by atoms with Crippen LogP contribution >= 0.6 is 11.6 Å². The van der Waals surface area contributed by atoms with Gasteiger partial charge >= 0.3 is 11.8 Å². The molecule has 0 saturated heterocycles. The van der Waals surface area contributed by atoms with E-state index in [4.69, 9.17) is 11.6 Å². The van der Waals surface area contributed by atoms with Crippen molar-refractivity contribution in [1.29, 1.82) is 0 Å². The average Bonchev–Trinajstić information content (AvgIpc) is 2.46. The minimum absolute atomic E-state index is 0.308. The van der Waals surface area contributed by atoms with Crippen LogP contribution in [0.2, 0.25) is 5.02 Å². The molecule has 0 radical (unpaired) electrons. The van der Waals surface area contributed by atoms with Crippen LogP contribution in [0.25, 0.3) is 0 Å². The van der Waals surface area contributed by atoms with Gasteiger partial charge in [-0.05, 0) is 23.8 Å². The number of anilines is 1. The van der Waals surface area contributed by atoms with E-state index < -0.39 is 11.8 Å². The molecule has 0 bridgehead atoms. The Morgan fingerprint density at radius 1 is 0.950 bits per heavy atom. The Morgan fingerprint density at radius 2 is 1.70 bits per heavy atom. The molecule has 2 N–H and O–H groups in total. The summed E-state index contributed by atoms with van der Waals surface area (Å²) < 4.78 is 0. The molecule has 20 heavy (non-hydrogen) atoms. The number of benzene rings is 2. The molecule has 2 aromatic carbocycles. The lowest BCUT2D eigenvalue weighted by Gasteiger charge is -2.06. The van der Waals surface area contributed by atoms with Gasteiger partial charge in [0.05, 0.1) is 0 Å². The highest BCUT2D eigenvalue weighted by Gasteiger charge is 2.13. The number of halogens is 1.